The van der Waals surface area contributed by atoms with Crippen LogP contribution in [0.25, 0.3) is 0 Å². The molecular weight excluding hydrogens is 338 g/mol. The molecule has 0 fully saturated rings. The van der Waals surface area contributed by atoms with E-state index in [1.165, 1.54) is 16.7 Å². The number of carboxylic acid groups (broad SMARTS) is 1. The molecule has 1 aromatic heterocycles. The Bertz CT molecular complexity index is 907. The van der Waals surface area contributed by atoms with Gasteiger partial charge in [0.25, 0.3) is 0 Å². The Hall–Kier alpha value is -3.03. The smallest absolute Gasteiger partial charge is 0.329 e. The number of ether oxygens (including phenoxy) is 1. The van der Waals surface area contributed by atoms with E-state index in [4.69, 9.17) is 9.84 Å². The summed E-state index contributed by atoms with van der Waals surface area (Å²) in [4.78, 5) is 10.6. The lowest BCUT2D eigenvalue weighted by Gasteiger charge is -2.15. The monoisotopic (exact) mass is 361 g/mol. The molecule has 1 aliphatic rings. The van der Waals surface area contributed by atoms with Gasteiger partial charge in [-0.3, -0.25) is 0 Å². The zero-order chi connectivity index (χ0) is 19.1. The van der Waals surface area contributed by atoms with Crippen molar-refractivity contribution in [1.29, 1.82) is 0 Å². The quantitative estimate of drug-likeness (QED) is 0.798. The Morgan fingerprint density at radius 2 is 2.07 bits per heavy atom. The molecule has 0 spiro atoms. The van der Waals surface area contributed by atoms with Crippen LogP contribution >= 0.6 is 0 Å². The first-order chi connectivity index (χ1) is 13.1. The molecule has 0 bridgehead atoms. The van der Waals surface area contributed by atoms with Crippen LogP contribution in [0.15, 0.2) is 66.5 Å². The minimum absolute atomic E-state index is 0.219. The number of aryl methyl sites for hydroxylation is 1. The number of allylic oxidation sites excluding steroid dienone is 2. The maximum atomic E-state index is 10.6. The largest absolute Gasteiger partial charge is 0.480 e. The Labute approximate surface area is 159 Å². The van der Waals surface area contributed by atoms with Gasteiger partial charge in [0, 0.05) is 24.4 Å². The highest BCUT2D eigenvalue weighted by Gasteiger charge is 2.12. The molecule has 1 atom stereocenters. The fraction of sp³-hybridized carbons (Fsp3) is 0.261. The van der Waals surface area contributed by atoms with Gasteiger partial charge >= 0.3 is 5.97 Å². The van der Waals surface area contributed by atoms with Gasteiger partial charge in [-0.05, 0) is 30.5 Å². The lowest BCUT2D eigenvalue weighted by Crippen LogP contribution is -2.18. The highest BCUT2D eigenvalue weighted by atomic mass is 16.5. The van der Waals surface area contributed by atoms with Crippen molar-refractivity contribution in [2.24, 2.45) is 0 Å². The van der Waals surface area contributed by atoms with Crippen LogP contribution in [0.2, 0.25) is 0 Å². The number of carbonyl (C=O) groups is 1. The predicted octanol–water partition coefficient (Wildman–Crippen LogP) is 3.75. The van der Waals surface area contributed by atoms with Crippen LogP contribution in [0.4, 0.5) is 0 Å². The summed E-state index contributed by atoms with van der Waals surface area (Å²) in [6.07, 6.45) is 11.2. The third-order valence-electron chi connectivity index (χ3n) is 4.32. The van der Waals surface area contributed by atoms with Gasteiger partial charge in [-0.1, -0.05) is 59.9 Å². The molecule has 3 rings (SSSR count). The molecule has 0 aliphatic heterocycles. The van der Waals surface area contributed by atoms with Crippen molar-refractivity contribution in [1.82, 2.24) is 4.57 Å². The molecule has 4 heteroatoms. The van der Waals surface area contributed by atoms with Crippen LogP contribution in [0.1, 0.15) is 23.1 Å². The summed E-state index contributed by atoms with van der Waals surface area (Å²) in [6.45, 7) is 2.43. The lowest BCUT2D eigenvalue weighted by atomic mass is 10.0. The van der Waals surface area contributed by atoms with E-state index in [0.29, 0.717) is 13.0 Å². The standard InChI is InChI=1S/C23H23NO3/c1-18-7-9-20(10-8-18)14-21-11-13-24(16-21)12-3-5-19-4-2-6-22(15-19)27-17-23(25)26/h2,4,6-11,13,16,22H,12,14-15,17H2,1H3,(H,25,26). The molecule has 0 amide bonds. The first kappa shape index (κ1) is 18.8. The zero-order valence-corrected chi connectivity index (χ0v) is 15.4. The molecule has 1 aliphatic carbocycles. The number of benzene rings is 1. The summed E-state index contributed by atoms with van der Waals surface area (Å²) in [6, 6.07) is 10.7. The molecule has 0 saturated heterocycles. The second-order valence-corrected chi connectivity index (χ2v) is 6.68. The van der Waals surface area contributed by atoms with E-state index in [1.54, 1.807) is 0 Å². The van der Waals surface area contributed by atoms with E-state index in [1.807, 2.05) is 24.4 Å². The second-order valence-electron chi connectivity index (χ2n) is 6.68. The van der Waals surface area contributed by atoms with E-state index in [0.717, 1.165) is 12.0 Å². The summed E-state index contributed by atoms with van der Waals surface area (Å²) in [5.74, 6) is 5.39. The fourth-order valence-corrected chi connectivity index (χ4v) is 2.91. The van der Waals surface area contributed by atoms with Crippen molar-refractivity contribution in [3.63, 3.8) is 0 Å². The third-order valence-corrected chi connectivity index (χ3v) is 4.32. The van der Waals surface area contributed by atoms with Crippen LogP contribution < -0.4 is 0 Å². The molecule has 1 heterocycles. The summed E-state index contributed by atoms with van der Waals surface area (Å²) in [7, 11) is 0. The van der Waals surface area contributed by atoms with Gasteiger partial charge in [0.15, 0.2) is 0 Å². The maximum absolute atomic E-state index is 10.6. The Morgan fingerprint density at radius 1 is 1.26 bits per heavy atom. The van der Waals surface area contributed by atoms with Crippen LogP contribution in [-0.2, 0) is 22.5 Å². The van der Waals surface area contributed by atoms with Gasteiger partial charge in [0.05, 0.1) is 12.6 Å². The van der Waals surface area contributed by atoms with Gasteiger partial charge in [0.1, 0.15) is 6.61 Å². The second kappa shape index (κ2) is 9.07. The van der Waals surface area contributed by atoms with E-state index < -0.39 is 5.97 Å². The Morgan fingerprint density at radius 3 is 2.85 bits per heavy atom. The first-order valence-electron chi connectivity index (χ1n) is 8.98. The molecule has 1 unspecified atom stereocenters. The van der Waals surface area contributed by atoms with Crippen LogP contribution in [0.3, 0.4) is 0 Å². The Kier molecular flexibility index (Phi) is 6.30. The number of nitrogens with zero attached hydrogens (tertiary/aromatic N) is 1. The van der Waals surface area contributed by atoms with E-state index in [-0.39, 0.29) is 12.7 Å². The number of aliphatic carboxylic acids is 1. The van der Waals surface area contributed by atoms with Crippen molar-refractivity contribution < 1.29 is 14.6 Å². The predicted molar refractivity (Wildman–Crippen MR) is 105 cm³/mol. The van der Waals surface area contributed by atoms with Gasteiger partial charge in [-0.15, -0.1) is 0 Å². The van der Waals surface area contributed by atoms with Crippen molar-refractivity contribution >= 4 is 5.97 Å². The molecule has 1 N–H and O–H groups in total. The summed E-state index contributed by atoms with van der Waals surface area (Å²) in [5, 5.41) is 8.69. The summed E-state index contributed by atoms with van der Waals surface area (Å²) >= 11 is 0. The van der Waals surface area contributed by atoms with Crippen molar-refractivity contribution in [3.8, 4) is 11.8 Å². The lowest BCUT2D eigenvalue weighted by molar-refractivity contribution is -0.143. The highest BCUT2D eigenvalue weighted by Crippen LogP contribution is 2.15. The number of carboxylic acids is 1. The maximum Gasteiger partial charge on any atom is 0.329 e. The average Bonchev–Trinajstić information content (AvgIpc) is 3.10. The van der Waals surface area contributed by atoms with Gasteiger partial charge in [-0.25, -0.2) is 4.79 Å². The molecule has 0 radical (unpaired) electrons. The SMILES string of the molecule is Cc1ccc(Cc2ccn(CC#CC3=CC=CC(OCC(=O)O)C3)c2)cc1. The van der Waals surface area contributed by atoms with Crippen molar-refractivity contribution in [2.75, 3.05) is 6.61 Å². The topological polar surface area (TPSA) is 51.5 Å². The minimum atomic E-state index is -0.959. The number of aromatic nitrogens is 1. The van der Waals surface area contributed by atoms with E-state index in [2.05, 4.69) is 59.9 Å². The van der Waals surface area contributed by atoms with Crippen molar-refractivity contribution in [3.05, 3.63) is 83.2 Å². The van der Waals surface area contributed by atoms with Gasteiger partial charge in [-0.2, -0.15) is 0 Å². The van der Waals surface area contributed by atoms with Gasteiger partial charge < -0.3 is 14.4 Å². The van der Waals surface area contributed by atoms with Crippen molar-refractivity contribution in [2.45, 2.75) is 32.4 Å². The summed E-state index contributed by atoms with van der Waals surface area (Å²) < 4.78 is 7.38. The molecule has 138 valence electrons. The van der Waals surface area contributed by atoms with E-state index in [9.17, 15) is 4.79 Å². The van der Waals surface area contributed by atoms with E-state index >= 15 is 0 Å². The first-order valence-corrected chi connectivity index (χ1v) is 8.98. The zero-order valence-electron chi connectivity index (χ0n) is 15.4. The number of hydrogen-bond acceptors (Lipinski definition) is 2. The fourth-order valence-electron chi connectivity index (χ4n) is 2.91. The number of hydrogen-bond donors (Lipinski definition) is 1. The molecule has 27 heavy (non-hydrogen) atoms. The molecule has 0 saturated carbocycles. The normalized spacial score (nSPS) is 15.7. The Balaban J connectivity index is 1.52. The highest BCUT2D eigenvalue weighted by molar-refractivity contribution is 5.68. The third kappa shape index (κ3) is 6.02. The molecule has 4 nitrogen and oxygen atoms in total. The molecular formula is C23H23NO3. The van der Waals surface area contributed by atoms with Crippen LogP contribution in [0.5, 0.6) is 0 Å². The van der Waals surface area contributed by atoms with Crippen LogP contribution in [0, 0.1) is 18.8 Å². The van der Waals surface area contributed by atoms with Crippen LogP contribution in [-0.4, -0.2) is 28.4 Å². The van der Waals surface area contributed by atoms with Gasteiger partial charge in [0.2, 0.25) is 0 Å². The molecule has 1 aromatic carbocycles. The minimum Gasteiger partial charge on any atom is -0.480 e. The molecule has 2 aromatic rings. The summed E-state index contributed by atoms with van der Waals surface area (Å²) in [5.41, 5.74) is 4.80. The average molecular weight is 361 g/mol. The number of rotatable bonds is 6.